The molecule has 0 radical (unpaired) electrons. The van der Waals surface area contributed by atoms with Crippen molar-refractivity contribution in [1.82, 2.24) is 9.78 Å². The normalized spacial score (nSPS) is 10.8. The van der Waals surface area contributed by atoms with E-state index in [1.54, 1.807) is 26.1 Å². The van der Waals surface area contributed by atoms with Crippen LogP contribution in [0.1, 0.15) is 5.69 Å². The summed E-state index contributed by atoms with van der Waals surface area (Å²) in [5, 5.41) is 16.8. The van der Waals surface area contributed by atoms with Gasteiger partial charge in [0.1, 0.15) is 41.2 Å². The minimum atomic E-state index is -0.990. The van der Waals surface area contributed by atoms with Crippen LogP contribution in [0.5, 0.6) is 11.5 Å². The fourth-order valence-electron chi connectivity index (χ4n) is 2.87. The third-order valence-corrected chi connectivity index (χ3v) is 4.08. The molecular formula is C20H18F3N3O2. The third-order valence-electron chi connectivity index (χ3n) is 4.08. The van der Waals surface area contributed by atoms with Gasteiger partial charge in [0.25, 0.3) is 0 Å². The summed E-state index contributed by atoms with van der Waals surface area (Å²) in [6.45, 7) is 5.44. The second-order valence-electron chi connectivity index (χ2n) is 6.08. The first kappa shape index (κ1) is 19.3. The SMILES string of the molecule is C=CCOc1ccc(-c2c(C)nn(C)c2Nc2c(O)cc(F)cc2F)c(F)c1. The van der Waals surface area contributed by atoms with E-state index in [1.165, 1.54) is 16.8 Å². The Morgan fingerprint density at radius 1 is 1.21 bits per heavy atom. The molecule has 28 heavy (non-hydrogen) atoms. The van der Waals surface area contributed by atoms with Crippen molar-refractivity contribution in [2.75, 3.05) is 11.9 Å². The van der Waals surface area contributed by atoms with Crippen molar-refractivity contribution in [2.45, 2.75) is 6.92 Å². The minimum absolute atomic E-state index is 0.209. The molecule has 0 fully saturated rings. The first-order valence-electron chi connectivity index (χ1n) is 8.34. The number of aryl methyl sites for hydroxylation is 2. The van der Waals surface area contributed by atoms with E-state index in [0.717, 1.165) is 6.07 Å². The monoisotopic (exact) mass is 389 g/mol. The van der Waals surface area contributed by atoms with Gasteiger partial charge in [-0.25, -0.2) is 13.2 Å². The summed E-state index contributed by atoms with van der Waals surface area (Å²) in [5.74, 6) is -2.52. The second kappa shape index (κ2) is 7.67. The van der Waals surface area contributed by atoms with Crippen LogP contribution in [0, 0.1) is 24.4 Å². The number of nitrogens with one attached hydrogen (secondary N) is 1. The standard InChI is InChI=1S/C20H18F3N3O2/c1-4-7-28-13-5-6-14(15(22)10-13)18-11(2)25-26(3)20(18)24-19-16(23)8-12(21)9-17(19)27/h4-6,8-10,24,27H,1,7H2,2-3H3. The highest BCUT2D eigenvalue weighted by Crippen LogP contribution is 2.38. The van der Waals surface area contributed by atoms with Crippen LogP contribution in [-0.4, -0.2) is 21.5 Å². The minimum Gasteiger partial charge on any atom is -0.506 e. The molecule has 2 aromatic carbocycles. The molecule has 0 spiro atoms. The molecule has 8 heteroatoms. The molecule has 0 aliphatic heterocycles. The zero-order chi connectivity index (χ0) is 20.4. The first-order valence-corrected chi connectivity index (χ1v) is 8.34. The quantitative estimate of drug-likeness (QED) is 0.468. The maximum atomic E-state index is 14.7. The van der Waals surface area contributed by atoms with E-state index in [-0.39, 0.29) is 23.7 Å². The Bertz CT molecular complexity index is 1020. The van der Waals surface area contributed by atoms with Crippen molar-refractivity contribution in [3.8, 4) is 22.6 Å². The van der Waals surface area contributed by atoms with E-state index in [1.807, 2.05) is 0 Å². The van der Waals surface area contributed by atoms with Crippen LogP contribution in [0.25, 0.3) is 11.1 Å². The Morgan fingerprint density at radius 3 is 2.61 bits per heavy atom. The number of rotatable bonds is 6. The highest BCUT2D eigenvalue weighted by molar-refractivity contribution is 5.82. The van der Waals surface area contributed by atoms with Crippen LogP contribution in [0.4, 0.5) is 24.7 Å². The van der Waals surface area contributed by atoms with Crippen molar-refractivity contribution >= 4 is 11.5 Å². The van der Waals surface area contributed by atoms with Crippen molar-refractivity contribution in [2.24, 2.45) is 7.05 Å². The maximum Gasteiger partial charge on any atom is 0.153 e. The van der Waals surface area contributed by atoms with E-state index < -0.39 is 23.2 Å². The van der Waals surface area contributed by atoms with Gasteiger partial charge in [-0.3, -0.25) is 4.68 Å². The van der Waals surface area contributed by atoms with Gasteiger partial charge < -0.3 is 15.2 Å². The topological polar surface area (TPSA) is 59.3 Å². The van der Waals surface area contributed by atoms with Crippen molar-refractivity contribution in [1.29, 1.82) is 0 Å². The number of benzene rings is 2. The molecule has 1 aromatic heterocycles. The molecule has 0 atom stereocenters. The Hall–Kier alpha value is -3.42. The fourth-order valence-corrected chi connectivity index (χ4v) is 2.87. The number of ether oxygens (including phenoxy) is 1. The zero-order valence-electron chi connectivity index (χ0n) is 15.3. The van der Waals surface area contributed by atoms with Crippen LogP contribution in [0.2, 0.25) is 0 Å². The highest BCUT2D eigenvalue weighted by atomic mass is 19.1. The molecule has 5 nitrogen and oxygen atoms in total. The Labute approximate surface area is 159 Å². The average molecular weight is 389 g/mol. The van der Waals surface area contributed by atoms with Gasteiger partial charge in [-0.1, -0.05) is 12.7 Å². The summed E-state index contributed by atoms with van der Waals surface area (Å²) >= 11 is 0. The van der Waals surface area contributed by atoms with Crippen LogP contribution in [-0.2, 0) is 7.05 Å². The van der Waals surface area contributed by atoms with E-state index in [4.69, 9.17) is 4.74 Å². The zero-order valence-corrected chi connectivity index (χ0v) is 15.3. The number of hydrogen-bond donors (Lipinski definition) is 2. The molecule has 1 heterocycles. The lowest BCUT2D eigenvalue weighted by Gasteiger charge is -2.13. The maximum absolute atomic E-state index is 14.7. The van der Waals surface area contributed by atoms with Crippen molar-refractivity contribution in [3.63, 3.8) is 0 Å². The van der Waals surface area contributed by atoms with E-state index in [9.17, 15) is 18.3 Å². The molecule has 146 valence electrons. The lowest BCUT2D eigenvalue weighted by molar-refractivity contribution is 0.361. The Kier molecular flexibility index (Phi) is 5.30. The lowest BCUT2D eigenvalue weighted by atomic mass is 10.0. The predicted octanol–water partition coefficient (Wildman–Crippen LogP) is 4.83. The van der Waals surface area contributed by atoms with E-state index >= 15 is 0 Å². The molecule has 0 saturated carbocycles. The predicted molar refractivity (Wildman–Crippen MR) is 100 cm³/mol. The lowest BCUT2D eigenvalue weighted by Crippen LogP contribution is -2.03. The smallest absolute Gasteiger partial charge is 0.153 e. The van der Waals surface area contributed by atoms with Gasteiger partial charge in [0.15, 0.2) is 5.82 Å². The summed E-state index contributed by atoms with van der Waals surface area (Å²) in [5.41, 5.74) is 0.724. The number of anilines is 2. The largest absolute Gasteiger partial charge is 0.506 e. The molecule has 3 aromatic rings. The third kappa shape index (κ3) is 3.66. The van der Waals surface area contributed by atoms with E-state index in [0.29, 0.717) is 23.1 Å². The summed E-state index contributed by atoms with van der Waals surface area (Å²) in [7, 11) is 1.58. The number of hydrogen-bond acceptors (Lipinski definition) is 4. The van der Waals surface area contributed by atoms with Crippen LogP contribution in [0.3, 0.4) is 0 Å². The van der Waals surface area contributed by atoms with Gasteiger partial charge in [0.05, 0.1) is 11.3 Å². The molecule has 0 aliphatic rings. The molecule has 0 amide bonds. The van der Waals surface area contributed by atoms with Gasteiger partial charge >= 0.3 is 0 Å². The molecular weight excluding hydrogens is 371 g/mol. The molecule has 0 unspecified atom stereocenters. The van der Waals surface area contributed by atoms with Crippen molar-refractivity contribution < 1.29 is 23.0 Å². The first-order chi connectivity index (χ1) is 13.3. The van der Waals surface area contributed by atoms with Gasteiger partial charge in [-0.05, 0) is 19.1 Å². The summed E-state index contributed by atoms with van der Waals surface area (Å²) in [4.78, 5) is 0. The summed E-state index contributed by atoms with van der Waals surface area (Å²) in [6.07, 6.45) is 1.54. The second-order valence-corrected chi connectivity index (χ2v) is 6.08. The number of nitrogens with zero attached hydrogens (tertiary/aromatic N) is 2. The molecule has 0 aliphatic carbocycles. The number of aromatic nitrogens is 2. The van der Waals surface area contributed by atoms with Crippen LogP contribution < -0.4 is 10.1 Å². The number of aromatic hydroxyl groups is 1. The average Bonchev–Trinajstić information content (AvgIpc) is 2.89. The number of halogens is 3. The Balaban J connectivity index is 2.06. The van der Waals surface area contributed by atoms with Crippen molar-refractivity contribution in [3.05, 3.63) is 66.1 Å². The number of phenolic OH excluding ortho intramolecular Hbond substituents is 1. The van der Waals surface area contributed by atoms with Gasteiger partial charge in [0.2, 0.25) is 0 Å². The van der Waals surface area contributed by atoms with E-state index in [2.05, 4.69) is 17.0 Å². The number of phenols is 1. The Morgan fingerprint density at radius 2 is 1.96 bits per heavy atom. The van der Waals surface area contributed by atoms with Gasteiger partial charge in [-0.15, -0.1) is 0 Å². The van der Waals surface area contributed by atoms with Crippen LogP contribution >= 0.6 is 0 Å². The fraction of sp³-hybridized carbons (Fsp3) is 0.150. The summed E-state index contributed by atoms with van der Waals surface area (Å²) < 4.78 is 48.8. The summed E-state index contributed by atoms with van der Waals surface area (Å²) in [6, 6.07) is 5.75. The highest BCUT2D eigenvalue weighted by Gasteiger charge is 2.21. The van der Waals surface area contributed by atoms with Gasteiger partial charge in [0, 0.05) is 30.8 Å². The molecule has 0 bridgehead atoms. The molecule has 2 N–H and O–H groups in total. The van der Waals surface area contributed by atoms with Gasteiger partial charge in [-0.2, -0.15) is 5.10 Å². The van der Waals surface area contributed by atoms with Crippen LogP contribution in [0.15, 0.2) is 43.0 Å². The molecule has 0 saturated heterocycles. The molecule has 3 rings (SSSR count).